The highest BCUT2D eigenvalue weighted by Gasteiger charge is 2.17. The molecule has 0 spiro atoms. The van der Waals surface area contributed by atoms with E-state index >= 15 is 0 Å². The predicted molar refractivity (Wildman–Crippen MR) is 109 cm³/mol. The molecule has 146 valence electrons. The lowest BCUT2D eigenvalue weighted by molar-refractivity contribution is 0.152. The van der Waals surface area contributed by atoms with E-state index in [9.17, 15) is 0 Å². The van der Waals surface area contributed by atoms with Crippen LogP contribution in [0.25, 0.3) is 0 Å². The lowest BCUT2D eigenvalue weighted by Crippen LogP contribution is -2.43. The standard InChI is InChI=1S/C21H36N4O/c1-5-22-21(24-17(2)16-26-4)23-14-19-9-11-20(12-10-19)15-25-13-7-6-8-18(25)3/h9-12,17-18H,5-8,13-16H2,1-4H3,(H2,22,23,24). The zero-order chi connectivity index (χ0) is 18.8. The van der Waals surface area contributed by atoms with Crippen LogP contribution in [0.3, 0.4) is 0 Å². The molecule has 1 aliphatic heterocycles. The molecule has 1 aromatic carbocycles. The van der Waals surface area contributed by atoms with E-state index in [1.54, 1.807) is 7.11 Å². The highest BCUT2D eigenvalue weighted by Crippen LogP contribution is 2.19. The van der Waals surface area contributed by atoms with Crippen molar-refractivity contribution in [3.05, 3.63) is 35.4 Å². The fraction of sp³-hybridized carbons (Fsp3) is 0.667. The van der Waals surface area contributed by atoms with Gasteiger partial charge in [-0.1, -0.05) is 30.7 Å². The van der Waals surface area contributed by atoms with Crippen molar-refractivity contribution in [3.63, 3.8) is 0 Å². The Labute approximate surface area is 159 Å². The van der Waals surface area contributed by atoms with E-state index in [0.717, 1.165) is 19.0 Å². The van der Waals surface area contributed by atoms with Crippen LogP contribution in [-0.2, 0) is 17.8 Å². The van der Waals surface area contributed by atoms with Crippen LogP contribution >= 0.6 is 0 Å². The highest BCUT2D eigenvalue weighted by atomic mass is 16.5. The van der Waals surface area contributed by atoms with E-state index in [1.807, 2.05) is 0 Å². The Kier molecular flexibility index (Phi) is 8.92. The van der Waals surface area contributed by atoms with Gasteiger partial charge in [-0.25, -0.2) is 4.99 Å². The van der Waals surface area contributed by atoms with Gasteiger partial charge in [0, 0.05) is 32.3 Å². The number of aliphatic imine (C=N–C) groups is 1. The molecule has 0 amide bonds. The van der Waals surface area contributed by atoms with Crippen LogP contribution in [0, 0.1) is 0 Å². The van der Waals surface area contributed by atoms with Gasteiger partial charge < -0.3 is 15.4 Å². The summed E-state index contributed by atoms with van der Waals surface area (Å²) in [5, 5.41) is 6.66. The van der Waals surface area contributed by atoms with Crippen LogP contribution in [0.15, 0.2) is 29.3 Å². The molecular weight excluding hydrogens is 324 g/mol. The van der Waals surface area contributed by atoms with Crippen LogP contribution in [-0.4, -0.2) is 49.7 Å². The lowest BCUT2D eigenvalue weighted by Gasteiger charge is -2.33. The van der Waals surface area contributed by atoms with Crippen LogP contribution in [0.5, 0.6) is 0 Å². The third-order valence-electron chi connectivity index (χ3n) is 4.91. The van der Waals surface area contributed by atoms with Crippen molar-refractivity contribution in [2.24, 2.45) is 4.99 Å². The molecule has 5 nitrogen and oxygen atoms in total. The number of piperidine rings is 1. The second-order valence-electron chi connectivity index (χ2n) is 7.33. The first-order chi connectivity index (χ1) is 12.6. The normalized spacial score (nSPS) is 20.0. The number of methoxy groups -OCH3 is 1. The molecule has 1 saturated heterocycles. The molecule has 1 aliphatic rings. The minimum absolute atomic E-state index is 0.228. The summed E-state index contributed by atoms with van der Waals surface area (Å²) in [6, 6.07) is 9.84. The molecular formula is C21H36N4O. The fourth-order valence-corrected chi connectivity index (χ4v) is 3.39. The molecule has 2 rings (SSSR count). The predicted octanol–water partition coefficient (Wildman–Crippen LogP) is 3.15. The summed E-state index contributed by atoms with van der Waals surface area (Å²) < 4.78 is 5.18. The summed E-state index contributed by atoms with van der Waals surface area (Å²) >= 11 is 0. The zero-order valence-corrected chi connectivity index (χ0v) is 16.9. The number of likely N-dealkylation sites (tertiary alicyclic amines) is 1. The second-order valence-corrected chi connectivity index (χ2v) is 7.33. The summed E-state index contributed by atoms with van der Waals surface area (Å²) in [7, 11) is 1.72. The number of nitrogens with zero attached hydrogens (tertiary/aromatic N) is 2. The van der Waals surface area contributed by atoms with Crippen LogP contribution in [0.4, 0.5) is 0 Å². The Morgan fingerprint density at radius 2 is 2.00 bits per heavy atom. The summed E-state index contributed by atoms with van der Waals surface area (Å²) in [6.07, 6.45) is 4.03. The number of hydrogen-bond acceptors (Lipinski definition) is 3. The summed E-state index contributed by atoms with van der Waals surface area (Å²) in [5.74, 6) is 0.836. The van der Waals surface area contributed by atoms with E-state index < -0.39 is 0 Å². The first kappa shape index (κ1) is 20.7. The average Bonchev–Trinajstić information content (AvgIpc) is 2.63. The van der Waals surface area contributed by atoms with Crippen molar-refractivity contribution < 1.29 is 4.74 Å². The van der Waals surface area contributed by atoms with Crippen LogP contribution in [0.2, 0.25) is 0 Å². The molecule has 0 aliphatic carbocycles. The maximum atomic E-state index is 5.18. The Morgan fingerprint density at radius 3 is 2.65 bits per heavy atom. The van der Waals surface area contributed by atoms with E-state index in [0.29, 0.717) is 19.2 Å². The Bertz CT molecular complexity index is 543. The van der Waals surface area contributed by atoms with Gasteiger partial charge in [-0.05, 0) is 51.3 Å². The van der Waals surface area contributed by atoms with Crippen LogP contribution < -0.4 is 10.6 Å². The smallest absolute Gasteiger partial charge is 0.191 e. The largest absolute Gasteiger partial charge is 0.383 e. The third kappa shape index (κ3) is 6.96. The quantitative estimate of drug-likeness (QED) is 0.552. The van der Waals surface area contributed by atoms with Gasteiger partial charge in [-0.3, -0.25) is 4.90 Å². The van der Waals surface area contributed by atoms with Gasteiger partial charge in [0.1, 0.15) is 0 Å². The molecule has 0 aromatic heterocycles. The number of nitrogens with one attached hydrogen (secondary N) is 2. The first-order valence-electron chi connectivity index (χ1n) is 9.98. The molecule has 1 heterocycles. The van der Waals surface area contributed by atoms with Gasteiger partial charge in [0.25, 0.3) is 0 Å². The SMILES string of the molecule is CCNC(=NCc1ccc(CN2CCCCC2C)cc1)NC(C)COC. The fourth-order valence-electron chi connectivity index (χ4n) is 3.39. The van der Waals surface area contributed by atoms with Gasteiger partial charge >= 0.3 is 0 Å². The topological polar surface area (TPSA) is 48.9 Å². The van der Waals surface area contributed by atoms with Crippen molar-refractivity contribution in [1.82, 2.24) is 15.5 Å². The van der Waals surface area contributed by atoms with Crippen molar-refractivity contribution in [2.45, 2.75) is 65.2 Å². The Morgan fingerprint density at radius 1 is 1.27 bits per heavy atom. The van der Waals surface area contributed by atoms with Crippen LogP contribution in [0.1, 0.15) is 51.2 Å². The van der Waals surface area contributed by atoms with E-state index in [2.05, 4.69) is 60.6 Å². The molecule has 2 N–H and O–H groups in total. The van der Waals surface area contributed by atoms with Gasteiger partial charge in [-0.2, -0.15) is 0 Å². The number of rotatable bonds is 8. The molecule has 26 heavy (non-hydrogen) atoms. The molecule has 5 heteroatoms. The average molecular weight is 361 g/mol. The molecule has 2 unspecified atom stereocenters. The van der Waals surface area contributed by atoms with Crippen molar-refractivity contribution in [3.8, 4) is 0 Å². The Balaban J connectivity index is 1.89. The molecule has 0 saturated carbocycles. The van der Waals surface area contributed by atoms with Gasteiger partial charge in [0.05, 0.1) is 13.2 Å². The second kappa shape index (κ2) is 11.2. The zero-order valence-electron chi connectivity index (χ0n) is 16.9. The highest BCUT2D eigenvalue weighted by molar-refractivity contribution is 5.80. The Hall–Kier alpha value is -1.59. The van der Waals surface area contributed by atoms with Crippen molar-refractivity contribution >= 4 is 5.96 Å². The maximum absolute atomic E-state index is 5.18. The number of benzene rings is 1. The monoisotopic (exact) mass is 360 g/mol. The third-order valence-corrected chi connectivity index (χ3v) is 4.91. The van der Waals surface area contributed by atoms with E-state index in [4.69, 9.17) is 9.73 Å². The molecule has 1 aromatic rings. The van der Waals surface area contributed by atoms with Gasteiger partial charge in [0.15, 0.2) is 5.96 Å². The summed E-state index contributed by atoms with van der Waals surface area (Å²) in [4.78, 5) is 7.29. The summed E-state index contributed by atoms with van der Waals surface area (Å²) in [5.41, 5.74) is 2.63. The maximum Gasteiger partial charge on any atom is 0.191 e. The van der Waals surface area contributed by atoms with E-state index in [-0.39, 0.29) is 6.04 Å². The van der Waals surface area contributed by atoms with Gasteiger partial charge in [0.2, 0.25) is 0 Å². The first-order valence-corrected chi connectivity index (χ1v) is 9.98. The van der Waals surface area contributed by atoms with Crippen molar-refractivity contribution in [2.75, 3.05) is 26.8 Å². The minimum atomic E-state index is 0.228. The molecule has 1 fully saturated rings. The van der Waals surface area contributed by atoms with E-state index in [1.165, 1.54) is 36.9 Å². The molecule has 0 radical (unpaired) electrons. The molecule has 2 atom stereocenters. The molecule has 0 bridgehead atoms. The van der Waals surface area contributed by atoms with Crippen molar-refractivity contribution in [1.29, 1.82) is 0 Å². The van der Waals surface area contributed by atoms with Gasteiger partial charge in [-0.15, -0.1) is 0 Å². The number of hydrogen-bond donors (Lipinski definition) is 2. The number of guanidine groups is 1. The number of ether oxygens (including phenoxy) is 1. The summed E-state index contributed by atoms with van der Waals surface area (Å²) in [6.45, 7) is 11.0. The lowest BCUT2D eigenvalue weighted by atomic mass is 10.0. The minimum Gasteiger partial charge on any atom is -0.383 e.